The van der Waals surface area contributed by atoms with Gasteiger partial charge in [-0.1, -0.05) is 12.1 Å². The number of aliphatic hydroxyl groups is 1. The van der Waals surface area contributed by atoms with Crippen LogP contribution in [-0.2, 0) is 29.1 Å². The molecule has 7 nitrogen and oxygen atoms in total. The van der Waals surface area contributed by atoms with Gasteiger partial charge in [0.1, 0.15) is 11.6 Å². The first-order valence-corrected chi connectivity index (χ1v) is 13.1. The van der Waals surface area contributed by atoms with E-state index in [0.29, 0.717) is 35.9 Å². The third kappa shape index (κ3) is 6.65. The molecule has 174 valence electrons. The van der Waals surface area contributed by atoms with E-state index in [1.165, 1.54) is 19.1 Å². The summed E-state index contributed by atoms with van der Waals surface area (Å²) in [5.41, 5.74) is 2.90. The average molecular weight is 467 g/mol. The molecule has 1 fully saturated rings. The molecule has 2 aromatic heterocycles. The second kappa shape index (κ2) is 9.27. The van der Waals surface area contributed by atoms with Crippen LogP contribution >= 0.6 is 0 Å². The molecule has 0 radical (unpaired) electrons. The summed E-state index contributed by atoms with van der Waals surface area (Å²) < 4.78 is 23.4. The van der Waals surface area contributed by atoms with Gasteiger partial charge in [0.15, 0.2) is 9.84 Å². The highest BCUT2D eigenvalue weighted by atomic mass is 32.2. The van der Waals surface area contributed by atoms with Crippen LogP contribution in [0, 0.1) is 5.92 Å². The Balaban J connectivity index is 1.57. The molecule has 3 aromatic rings. The maximum absolute atomic E-state index is 11.7. The maximum atomic E-state index is 11.7. The van der Waals surface area contributed by atoms with Gasteiger partial charge in [0.2, 0.25) is 0 Å². The number of nitrogens with zero attached hydrogens (tertiary/aromatic N) is 4. The largest absolute Gasteiger partial charge is 0.390 e. The van der Waals surface area contributed by atoms with Gasteiger partial charge >= 0.3 is 0 Å². The monoisotopic (exact) mass is 466 g/mol. The molecular weight excluding hydrogens is 436 g/mol. The molecule has 0 aliphatic heterocycles. The van der Waals surface area contributed by atoms with Crippen LogP contribution in [0.25, 0.3) is 11.3 Å². The lowest BCUT2D eigenvalue weighted by Crippen LogP contribution is -2.20. The standard InChI is InChI=1S/C25H30N4O3S/c1-25(2,30)12-10-23-27-16-20(22(29-23)14-17-4-5-17)21-11-13-26-24(28-21)15-18-6-8-19(9-7-18)33(3,31)32/h6-9,11,13,16-17,30H,4-5,10,12,14-15H2,1-3H3. The predicted molar refractivity (Wildman–Crippen MR) is 126 cm³/mol. The molecule has 0 bridgehead atoms. The van der Waals surface area contributed by atoms with E-state index >= 15 is 0 Å². The van der Waals surface area contributed by atoms with Gasteiger partial charge in [-0.05, 0) is 69.2 Å². The molecular formula is C25H30N4O3S. The Morgan fingerprint density at radius 1 is 1.03 bits per heavy atom. The zero-order valence-corrected chi connectivity index (χ0v) is 20.1. The van der Waals surface area contributed by atoms with Crippen molar-refractivity contribution < 1.29 is 13.5 Å². The molecule has 4 rings (SSSR count). The van der Waals surface area contributed by atoms with Gasteiger partial charge in [-0.25, -0.2) is 28.4 Å². The Labute approximate surface area is 195 Å². The van der Waals surface area contributed by atoms with E-state index in [1.807, 2.05) is 12.3 Å². The van der Waals surface area contributed by atoms with E-state index in [9.17, 15) is 13.5 Å². The van der Waals surface area contributed by atoms with E-state index in [-0.39, 0.29) is 0 Å². The van der Waals surface area contributed by atoms with Crippen LogP contribution in [0.3, 0.4) is 0 Å². The quantitative estimate of drug-likeness (QED) is 0.514. The Morgan fingerprint density at radius 3 is 2.39 bits per heavy atom. The van der Waals surface area contributed by atoms with Crippen molar-refractivity contribution in [2.75, 3.05) is 6.26 Å². The maximum Gasteiger partial charge on any atom is 0.175 e. The lowest BCUT2D eigenvalue weighted by Gasteiger charge is -2.16. The Morgan fingerprint density at radius 2 is 1.76 bits per heavy atom. The van der Waals surface area contributed by atoms with Crippen molar-refractivity contribution in [3.05, 3.63) is 65.6 Å². The average Bonchev–Trinajstić information content (AvgIpc) is 3.56. The number of hydrogen-bond acceptors (Lipinski definition) is 7. The van der Waals surface area contributed by atoms with Gasteiger partial charge < -0.3 is 5.11 Å². The summed E-state index contributed by atoms with van der Waals surface area (Å²) in [5.74, 6) is 2.07. The van der Waals surface area contributed by atoms with Crippen LogP contribution in [0.5, 0.6) is 0 Å². The van der Waals surface area contributed by atoms with Gasteiger partial charge in [-0.2, -0.15) is 0 Å². The van der Waals surface area contributed by atoms with E-state index in [0.717, 1.165) is 34.8 Å². The number of aromatic nitrogens is 4. The molecule has 1 aromatic carbocycles. The molecule has 0 atom stereocenters. The first-order chi connectivity index (χ1) is 15.6. The highest BCUT2D eigenvalue weighted by Crippen LogP contribution is 2.34. The highest BCUT2D eigenvalue weighted by Gasteiger charge is 2.25. The minimum Gasteiger partial charge on any atom is -0.390 e. The van der Waals surface area contributed by atoms with Gasteiger partial charge in [-0.15, -0.1) is 0 Å². The summed E-state index contributed by atoms with van der Waals surface area (Å²) in [6, 6.07) is 8.70. The van der Waals surface area contributed by atoms with Crippen molar-refractivity contribution in [3.63, 3.8) is 0 Å². The van der Waals surface area contributed by atoms with Gasteiger partial charge in [0, 0.05) is 37.1 Å². The molecule has 1 aliphatic rings. The normalized spacial score (nSPS) is 14.4. The fourth-order valence-electron chi connectivity index (χ4n) is 3.63. The van der Waals surface area contributed by atoms with Crippen LogP contribution in [0.2, 0.25) is 0 Å². The lowest BCUT2D eigenvalue weighted by molar-refractivity contribution is 0.0708. The van der Waals surface area contributed by atoms with E-state index < -0.39 is 15.4 Å². The van der Waals surface area contributed by atoms with Gasteiger partial charge in [-0.3, -0.25) is 0 Å². The third-order valence-electron chi connectivity index (χ3n) is 5.75. The van der Waals surface area contributed by atoms with E-state index in [4.69, 9.17) is 9.97 Å². The van der Waals surface area contributed by atoms with Crippen LogP contribution in [0.15, 0.2) is 47.6 Å². The Hall–Kier alpha value is -2.71. The first kappa shape index (κ1) is 23.4. The molecule has 1 N–H and O–H groups in total. The SMILES string of the molecule is CC(C)(O)CCc1ncc(-c2ccnc(Cc3ccc(S(C)(=O)=O)cc3)n2)c(CC2CC2)n1. The van der Waals surface area contributed by atoms with Crippen LogP contribution in [-0.4, -0.2) is 45.3 Å². The van der Waals surface area contributed by atoms with E-state index in [2.05, 4.69) is 9.97 Å². The second-order valence-corrected chi connectivity index (χ2v) is 11.6. The molecule has 0 unspecified atom stereocenters. The predicted octanol–water partition coefficient (Wildman–Crippen LogP) is 3.58. The smallest absolute Gasteiger partial charge is 0.175 e. The Kier molecular flexibility index (Phi) is 6.59. The summed E-state index contributed by atoms with van der Waals surface area (Å²) in [7, 11) is -3.22. The molecule has 1 aliphatic carbocycles. The van der Waals surface area contributed by atoms with Crippen molar-refractivity contribution in [2.45, 2.75) is 62.9 Å². The topological polar surface area (TPSA) is 106 Å². The van der Waals surface area contributed by atoms with Crippen LogP contribution < -0.4 is 0 Å². The van der Waals surface area contributed by atoms with Crippen LogP contribution in [0.1, 0.15) is 56.0 Å². The third-order valence-corrected chi connectivity index (χ3v) is 6.88. The number of rotatable bonds is 9. The summed E-state index contributed by atoms with van der Waals surface area (Å²) in [6.45, 7) is 3.59. The minimum absolute atomic E-state index is 0.299. The zero-order valence-electron chi connectivity index (χ0n) is 19.3. The molecule has 0 spiro atoms. The molecule has 1 saturated carbocycles. The number of hydrogen-bond donors (Lipinski definition) is 1. The molecule has 8 heteroatoms. The van der Waals surface area contributed by atoms with Gasteiger partial charge in [0.25, 0.3) is 0 Å². The molecule has 2 heterocycles. The van der Waals surface area contributed by atoms with Crippen LogP contribution in [0.4, 0.5) is 0 Å². The minimum atomic E-state index is -3.22. The fourth-order valence-corrected chi connectivity index (χ4v) is 4.26. The van der Waals surface area contributed by atoms with Crippen molar-refractivity contribution in [2.24, 2.45) is 5.92 Å². The first-order valence-electron chi connectivity index (χ1n) is 11.3. The molecule has 33 heavy (non-hydrogen) atoms. The zero-order chi connectivity index (χ0) is 23.6. The summed E-state index contributed by atoms with van der Waals surface area (Å²) >= 11 is 0. The van der Waals surface area contributed by atoms with Crippen molar-refractivity contribution in [1.29, 1.82) is 0 Å². The lowest BCUT2D eigenvalue weighted by atomic mass is 10.0. The number of sulfone groups is 1. The summed E-state index contributed by atoms with van der Waals surface area (Å²) in [6.07, 6.45) is 9.86. The van der Waals surface area contributed by atoms with Crippen molar-refractivity contribution in [1.82, 2.24) is 19.9 Å². The Bertz CT molecular complexity index is 1230. The number of benzene rings is 1. The van der Waals surface area contributed by atoms with E-state index in [1.54, 1.807) is 44.3 Å². The second-order valence-electron chi connectivity index (χ2n) is 9.56. The summed E-state index contributed by atoms with van der Waals surface area (Å²) in [4.78, 5) is 18.9. The van der Waals surface area contributed by atoms with Crippen molar-refractivity contribution >= 4 is 9.84 Å². The van der Waals surface area contributed by atoms with Gasteiger partial charge in [0.05, 0.1) is 21.9 Å². The fraction of sp³-hybridized carbons (Fsp3) is 0.440. The number of aryl methyl sites for hydroxylation is 1. The summed E-state index contributed by atoms with van der Waals surface area (Å²) in [5, 5.41) is 10.0. The molecule has 0 amide bonds. The van der Waals surface area contributed by atoms with Crippen molar-refractivity contribution in [3.8, 4) is 11.3 Å². The highest BCUT2D eigenvalue weighted by molar-refractivity contribution is 7.90. The molecule has 0 saturated heterocycles.